The van der Waals surface area contributed by atoms with Crippen LogP contribution in [-0.2, 0) is 11.2 Å². The van der Waals surface area contributed by atoms with Gasteiger partial charge in [-0.25, -0.2) is 9.97 Å². The Morgan fingerprint density at radius 2 is 1.90 bits per heavy atom. The maximum atomic E-state index is 12.5. The summed E-state index contributed by atoms with van der Waals surface area (Å²) in [5, 5.41) is 9.46. The molecular formula is C22H17N5O2. The summed E-state index contributed by atoms with van der Waals surface area (Å²) in [6.45, 7) is 1.85. The first-order valence-corrected chi connectivity index (χ1v) is 9.21. The molecule has 1 N–H and O–H groups in total. The second-order valence-electron chi connectivity index (χ2n) is 6.76. The second kappa shape index (κ2) is 6.87. The largest absolute Gasteiger partial charge is 0.415 e. The minimum atomic E-state index is -0.0944. The third-order valence-electron chi connectivity index (χ3n) is 4.77. The van der Waals surface area contributed by atoms with Gasteiger partial charge in [-0.1, -0.05) is 42.5 Å². The number of aromatic nitrogens is 4. The number of pyridine rings is 1. The molecule has 5 aromatic rings. The fraction of sp³-hybridized carbons (Fsp3) is 0.0909. The molecule has 0 bridgehead atoms. The quantitative estimate of drug-likeness (QED) is 0.506. The summed E-state index contributed by atoms with van der Waals surface area (Å²) in [6.07, 6.45) is 3.51. The van der Waals surface area contributed by atoms with E-state index in [0.717, 1.165) is 22.2 Å². The van der Waals surface area contributed by atoms with Gasteiger partial charge in [0, 0.05) is 0 Å². The SMILES string of the molecule is Cc1ncc2oc(-c3ccc(NC(=O)Cc4cccc5ccccc45)cn3)nn12. The first-order chi connectivity index (χ1) is 14.2. The van der Waals surface area contributed by atoms with Crippen molar-refractivity contribution in [2.75, 3.05) is 5.32 Å². The van der Waals surface area contributed by atoms with E-state index < -0.39 is 0 Å². The molecule has 7 heteroatoms. The van der Waals surface area contributed by atoms with Gasteiger partial charge in [0.2, 0.25) is 11.6 Å². The number of carbonyl (C=O) groups excluding carboxylic acids is 1. The maximum Gasteiger partial charge on any atom is 0.264 e. The van der Waals surface area contributed by atoms with E-state index in [-0.39, 0.29) is 5.91 Å². The maximum absolute atomic E-state index is 12.5. The number of carbonyl (C=O) groups is 1. The van der Waals surface area contributed by atoms with Gasteiger partial charge in [0.15, 0.2) is 0 Å². The molecule has 142 valence electrons. The van der Waals surface area contributed by atoms with E-state index in [9.17, 15) is 4.79 Å². The molecule has 3 aromatic heterocycles. The first-order valence-electron chi connectivity index (χ1n) is 9.21. The van der Waals surface area contributed by atoms with Crippen molar-refractivity contribution in [1.82, 2.24) is 19.6 Å². The predicted molar refractivity (Wildman–Crippen MR) is 110 cm³/mol. The Kier molecular flexibility index (Phi) is 4.05. The van der Waals surface area contributed by atoms with Crippen molar-refractivity contribution < 1.29 is 9.21 Å². The zero-order valence-corrected chi connectivity index (χ0v) is 15.7. The Balaban J connectivity index is 1.32. The summed E-state index contributed by atoms with van der Waals surface area (Å²) in [4.78, 5) is 21.0. The predicted octanol–water partition coefficient (Wildman–Crippen LogP) is 4.03. The number of rotatable bonds is 4. The van der Waals surface area contributed by atoms with Gasteiger partial charge in [0.25, 0.3) is 5.89 Å². The summed E-state index contributed by atoms with van der Waals surface area (Å²) in [6, 6.07) is 17.6. The lowest BCUT2D eigenvalue weighted by atomic mass is 10.0. The summed E-state index contributed by atoms with van der Waals surface area (Å²) in [5.41, 5.74) is 2.76. The number of nitrogens with zero attached hydrogens (tertiary/aromatic N) is 4. The van der Waals surface area contributed by atoms with Gasteiger partial charge >= 0.3 is 0 Å². The highest BCUT2D eigenvalue weighted by atomic mass is 16.4. The fourth-order valence-corrected chi connectivity index (χ4v) is 3.34. The van der Waals surface area contributed by atoms with Crippen LogP contribution in [0.4, 0.5) is 5.69 Å². The van der Waals surface area contributed by atoms with E-state index in [1.165, 1.54) is 0 Å². The van der Waals surface area contributed by atoms with Crippen LogP contribution in [0, 0.1) is 6.92 Å². The Morgan fingerprint density at radius 1 is 1.03 bits per heavy atom. The molecule has 0 aliphatic heterocycles. The number of benzene rings is 2. The monoisotopic (exact) mass is 383 g/mol. The highest BCUT2D eigenvalue weighted by Gasteiger charge is 2.12. The van der Waals surface area contributed by atoms with Crippen LogP contribution < -0.4 is 5.32 Å². The molecule has 0 unspecified atom stereocenters. The van der Waals surface area contributed by atoms with E-state index in [0.29, 0.717) is 29.4 Å². The molecule has 0 aliphatic rings. The Labute approximate surface area is 166 Å². The molecule has 0 saturated heterocycles. The van der Waals surface area contributed by atoms with Crippen molar-refractivity contribution in [2.45, 2.75) is 13.3 Å². The molecule has 3 heterocycles. The molecule has 1 amide bonds. The van der Waals surface area contributed by atoms with Crippen molar-refractivity contribution in [3.63, 3.8) is 0 Å². The zero-order chi connectivity index (χ0) is 19.8. The third kappa shape index (κ3) is 3.23. The standard InChI is InChI=1S/C22H17N5O2/c1-14-23-13-21-27(14)26-22(29-21)19-10-9-17(12-24-19)25-20(28)11-16-7-4-6-15-5-2-3-8-18(15)16/h2-10,12-13H,11H2,1H3,(H,25,28). The van der Waals surface area contributed by atoms with Crippen LogP contribution in [0.2, 0.25) is 0 Å². The molecule has 0 radical (unpaired) electrons. The highest BCUT2D eigenvalue weighted by Crippen LogP contribution is 2.21. The lowest BCUT2D eigenvalue weighted by Gasteiger charge is -2.08. The molecule has 0 fully saturated rings. The number of anilines is 1. The minimum Gasteiger partial charge on any atom is -0.415 e. The average molecular weight is 383 g/mol. The van der Waals surface area contributed by atoms with Crippen LogP contribution in [0.5, 0.6) is 0 Å². The van der Waals surface area contributed by atoms with Crippen LogP contribution in [0.3, 0.4) is 0 Å². The second-order valence-corrected chi connectivity index (χ2v) is 6.76. The van der Waals surface area contributed by atoms with Gasteiger partial charge < -0.3 is 9.73 Å². The van der Waals surface area contributed by atoms with Crippen LogP contribution in [0.25, 0.3) is 28.1 Å². The number of amides is 1. The van der Waals surface area contributed by atoms with Crippen LogP contribution in [-0.4, -0.2) is 25.5 Å². The Bertz CT molecular complexity index is 1330. The van der Waals surface area contributed by atoms with Crippen LogP contribution >= 0.6 is 0 Å². The number of fused-ring (bicyclic) bond motifs is 2. The average Bonchev–Trinajstić information content (AvgIpc) is 3.31. The molecule has 5 rings (SSSR count). The first kappa shape index (κ1) is 17.1. The summed E-state index contributed by atoms with van der Waals surface area (Å²) in [5.74, 6) is 1.05. The van der Waals surface area contributed by atoms with Crippen molar-refractivity contribution >= 4 is 28.1 Å². The summed E-state index contributed by atoms with van der Waals surface area (Å²) < 4.78 is 7.28. The van der Waals surface area contributed by atoms with Gasteiger partial charge in [-0.15, -0.1) is 5.10 Å². The van der Waals surface area contributed by atoms with Crippen molar-refractivity contribution in [2.24, 2.45) is 0 Å². The molecular weight excluding hydrogens is 366 g/mol. The number of imidazole rings is 1. The summed E-state index contributed by atoms with van der Waals surface area (Å²) >= 11 is 0. The molecule has 0 spiro atoms. The zero-order valence-electron chi connectivity index (χ0n) is 15.7. The molecule has 2 aromatic carbocycles. The number of hydrogen-bond donors (Lipinski definition) is 1. The number of hydrogen-bond acceptors (Lipinski definition) is 5. The van der Waals surface area contributed by atoms with Gasteiger partial charge in [-0.2, -0.15) is 4.52 Å². The van der Waals surface area contributed by atoms with E-state index in [1.54, 1.807) is 29.0 Å². The van der Waals surface area contributed by atoms with Crippen molar-refractivity contribution in [3.05, 3.63) is 78.4 Å². The van der Waals surface area contributed by atoms with Gasteiger partial charge in [-0.3, -0.25) is 4.79 Å². The normalized spacial score (nSPS) is 11.2. The molecule has 0 atom stereocenters. The molecule has 0 saturated carbocycles. The van der Waals surface area contributed by atoms with Crippen molar-refractivity contribution in [3.8, 4) is 11.6 Å². The Morgan fingerprint density at radius 3 is 2.72 bits per heavy atom. The number of aryl methyl sites for hydroxylation is 1. The third-order valence-corrected chi connectivity index (χ3v) is 4.77. The van der Waals surface area contributed by atoms with Gasteiger partial charge in [0.05, 0.1) is 24.5 Å². The van der Waals surface area contributed by atoms with Gasteiger partial charge in [-0.05, 0) is 35.4 Å². The fourth-order valence-electron chi connectivity index (χ4n) is 3.34. The lowest BCUT2D eigenvalue weighted by molar-refractivity contribution is -0.115. The van der Waals surface area contributed by atoms with E-state index in [2.05, 4.69) is 20.4 Å². The molecule has 0 aliphatic carbocycles. The molecule has 29 heavy (non-hydrogen) atoms. The smallest absolute Gasteiger partial charge is 0.264 e. The minimum absolute atomic E-state index is 0.0944. The van der Waals surface area contributed by atoms with E-state index in [4.69, 9.17) is 4.42 Å². The number of nitrogens with one attached hydrogen (secondary N) is 1. The van der Waals surface area contributed by atoms with Crippen LogP contribution in [0.1, 0.15) is 11.4 Å². The van der Waals surface area contributed by atoms with Crippen LogP contribution in [0.15, 0.2) is 71.4 Å². The lowest BCUT2D eigenvalue weighted by Crippen LogP contribution is -2.14. The van der Waals surface area contributed by atoms with Crippen molar-refractivity contribution in [1.29, 1.82) is 0 Å². The summed E-state index contributed by atoms with van der Waals surface area (Å²) in [7, 11) is 0. The Hall–Kier alpha value is -4.00. The topological polar surface area (TPSA) is 85.3 Å². The van der Waals surface area contributed by atoms with E-state index in [1.807, 2.05) is 49.4 Å². The molecule has 7 nitrogen and oxygen atoms in total. The van der Waals surface area contributed by atoms with E-state index >= 15 is 0 Å². The highest BCUT2D eigenvalue weighted by molar-refractivity contribution is 5.96. The van der Waals surface area contributed by atoms with Gasteiger partial charge in [0.1, 0.15) is 11.5 Å².